The van der Waals surface area contributed by atoms with Crippen LogP contribution in [0.4, 0.5) is 0 Å². The van der Waals surface area contributed by atoms with Gasteiger partial charge in [-0.1, -0.05) is 83.4 Å². The van der Waals surface area contributed by atoms with Gasteiger partial charge in [-0.25, -0.2) is 0 Å². The highest BCUT2D eigenvalue weighted by molar-refractivity contribution is 5.75. The lowest BCUT2D eigenvalue weighted by Gasteiger charge is -2.25. The van der Waals surface area contributed by atoms with E-state index in [-0.39, 0.29) is 6.61 Å². The van der Waals surface area contributed by atoms with Crippen LogP contribution in [0, 0.1) is 6.92 Å². The second-order valence-electron chi connectivity index (χ2n) is 8.18. The molecular weight excluding hydrogens is 316 g/mol. The van der Waals surface area contributed by atoms with Gasteiger partial charge in [-0.05, 0) is 65.0 Å². The molecule has 0 fully saturated rings. The molecule has 0 spiro atoms. The van der Waals surface area contributed by atoms with E-state index in [4.69, 9.17) is 0 Å². The standard InChI is InChI=1S/C25H36O/c1-7-8-9-10-21-22(17(2)3)15-23(18(4)5)24(16-26)25(21)20-13-11-19(6)12-14-20/h11-15,17-18,26H,7-10,16H2,1-6H3. The van der Waals surface area contributed by atoms with Gasteiger partial charge in [-0.3, -0.25) is 0 Å². The van der Waals surface area contributed by atoms with Crippen LogP contribution in [0.3, 0.4) is 0 Å². The van der Waals surface area contributed by atoms with E-state index in [1.807, 2.05) is 0 Å². The number of benzene rings is 2. The van der Waals surface area contributed by atoms with Gasteiger partial charge in [-0.2, -0.15) is 0 Å². The minimum atomic E-state index is 0.107. The monoisotopic (exact) mass is 352 g/mol. The van der Waals surface area contributed by atoms with E-state index >= 15 is 0 Å². The Bertz CT molecular complexity index is 708. The van der Waals surface area contributed by atoms with Crippen LogP contribution < -0.4 is 0 Å². The first-order chi connectivity index (χ1) is 12.4. The molecule has 0 saturated carbocycles. The lowest BCUT2D eigenvalue weighted by Crippen LogP contribution is -2.09. The fourth-order valence-electron chi connectivity index (χ4n) is 3.90. The summed E-state index contributed by atoms with van der Waals surface area (Å²) in [7, 11) is 0. The second-order valence-corrected chi connectivity index (χ2v) is 8.18. The fraction of sp³-hybridized carbons (Fsp3) is 0.520. The van der Waals surface area contributed by atoms with Crippen LogP contribution in [0.2, 0.25) is 0 Å². The topological polar surface area (TPSA) is 20.2 Å². The lowest BCUT2D eigenvalue weighted by atomic mass is 9.80. The van der Waals surface area contributed by atoms with Crippen LogP contribution in [0.25, 0.3) is 11.1 Å². The van der Waals surface area contributed by atoms with E-state index in [1.54, 1.807) is 0 Å². The zero-order valence-electron chi connectivity index (χ0n) is 17.5. The predicted molar refractivity (Wildman–Crippen MR) is 114 cm³/mol. The van der Waals surface area contributed by atoms with E-state index in [1.165, 1.54) is 52.6 Å². The number of aliphatic hydroxyl groups is 1. The molecule has 2 rings (SSSR count). The largest absolute Gasteiger partial charge is 0.392 e. The Morgan fingerprint density at radius 3 is 1.92 bits per heavy atom. The smallest absolute Gasteiger partial charge is 0.0690 e. The summed E-state index contributed by atoms with van der Waals surface area (Å²) in [5.41, 5.74) is 9.14. The van der Waals surface area contributed by atoms with Crippen molar-refractivity contribution < 1.29 is 5.11 Å². The Morgan fingerprint density at radius 1 is 0.846 bits per heavy atom. The van der Waals surface area contributed by atoms with Gasteiger partial charge < -0.3 is 5.11 Å². The third-order valence-electron chi connectivity index (χ3n) is 5.38. The van der Waals surface area contributed by atoms with Gasteiger partial charge in [0, 0.05) is 0 Å². The van der Waals surface area contributed by atoms with Crippen LogP contribution in [0.5, 0.6) is 0 Å². The molecule has 0 bridgehead atoms. The quantitative estimate of drug-likeness (QED) is 0.501. The average Bonchev–Trinajstić information content (AvgIpc) is 2.61. The van der Waals surface area contributed by atoms with Gasteiger partial charge in [0.15, 0.2) is 0 Å². The first-order valence-corrected chi connectivity index (χ1v) is 10.3. The summed E-state index contributed by atoms with van der Waals surface area (Å²) in [6.07, 6.45) is 4.79. The van der Waals surface area contributed by atoms with Gasteiger partial charge in [0.05, 0.1) is 6.61 Å². The highest BCUT2D eigenvalue weighted by atomic mass is 16.3. The highest BCUT2D eigenvalue weighted by Gasteiger charge is 2.21. The molecule has 2 aromatic rings. The Kier molecular flexibility index (Phi) is 7.46. The third-order valence-corrected chi connectivity index (χ3v) is 5.38. The summed E-state index contributed by atoms with van der Waals surface area (Å²) >= 11 is 0. The van der Waals surface area contributed by atoms with Crippen molar-refractivity contribution in [3.8, 4) is 11.1 Å². The summed E-state index contributed by atoms with van der Waals surface area (Å²) in [4.78, 5) is 0. The molecule has 1 N–H and O–H groups in total. The van der Waals surface area contributed by atoms with Crippen molar-refractivity contribution in [2.45, 2.75) is 85.7 Å². The van der Waals surface area contributed by atoms with E-state index in [2.05, 4.69) is 71.9 Å². The zero-order chi connectivity index (χ0) is 19.3. The fourth-order valence-corrected chi connectivity index (χ4v) is 3.90. The Balaban J connectivity index is 2.77. The minimum Gasteiger partial charge on any atom is -0.392 e. The van der Waals surface area contributed by atoms with Crippen molar-refractivity contribution in [3.63, 3.8) is 0 Å². The van der Waals surface area contributed by atoms with Gasteiger partial charge in [-0.15, -0.1) is 0 Å². The summed E-state index contributed by atoms with van der Waals surface area (Å²) in [6, 6.07) is 11.2. The number of hydrogen-bond donors (Lipinski definition) is 1. The van der Waals surface area contributed by atoms with Crippen molar-refractivity contribution in [2.24, 2.45) is 0 Å². The maximum atomic E-state index is 10.3. The maximum Gasteiger partial charge on any atom is 0.0690 e. The van der Waals surface area contributed by atoms with Gasteiger partial charge in [0.25, 0.3) is 0 Å². The summed E-state index contributed by atoms with van der Waals surface area (Å²) in [5, 5.41) is 10.3. The molecule has 2 aromatic carbocycles. The van der Waals surface area contributed by atoms with Crippen LogP contribution in [-0.4, -0.2) is 5.11 Å². The first kappa shape index (κ1) is 20.7. The molecule has 1 nitrogen and oxygen atoms in total. The molecule has 26 heavy (non-hydrogen) atoms. The number of rotatable bonds is 8. The SMILES string of the molecule is CCCCCc1c(C(C)C)cc(C(C)C)c(CO)c1-c1ccc(C)cc1. The molecule has 142 valence electrons. The summed E-state index contributed by atoms with van der Waals surface area (Å²) in [5.74, 6) is 0.893. The highest BCUT2D eigenvalue weighted by Crippen LogP contribution is 2.39. The van der Waals surface area contributed by atoms with E-state index in [0.717, 1.165) is 12.0 Å². The summed E-state index contributed by atoms with van der Waals surface area (Å²) < 4.78 is 0. The number of aryl methyl sites for hydroxylation is 1. The molecule has 0 unspecified atom stereocenters. The summed E-state index contributed by atoms with van der Waals surface area (Å²) in [6.45, 7) is 13.5. The molecule has 0 aliphatic heterocycles. The third kappa shape index (κ3) is 4.57. The van der Waals surface area contributed by atoms with Gasteiger partial charge >= 0.3 is 0 Å². The van der Waals surface area contributed by atoms with E-state index < -0.39 is 0 Å². The Hall–Kier alpha value is -1.60. The Morgan fingerprint density at radius 2 is 1.42 bits per heavy atom. The van der Waals surface area contributed by atoms with Crippen molar-refractivity contribution in [2.75, 3.05) is 0 Å². The normalized spacial score (nSPS) is 11.6. The molecule has 0 heterocycles. The van der Waals surface area contributed by atoms with Crippen molar-refractivity contribution >= 4 is 0 Å². The lowest BCUT2D eigenvalue weighted by molar-refractivity contribution is 0.280. The number of aliphatic hydroxyl groups excluding tert-OH is 1. The molecule has 0 aliphatic carbocycles. The minimum absolute atomic E-state index is 0.107. The first-order valence-electron chi connectivity index (χ1n) is 10.3. The molecule has 1 heteroatoms. The van der Waals surface area contributed by atoms with Crippen molar-refractivity contribution in [1.82, 2.24) is 0 Å². The Labute approximate surface area is 160 Å². The number of unbranched alkanes of at least 4 members (excludes halogenated alkanes) is 2. The van der Waals surface area contributed by atoms with Crippen LogP contribution in [-0.2, 0) is 13.0 Å². The van der Waals surface area contributed by atoms with E-state index in [9.17, 15) is 5.11 Å². The molecule has 0 atom stereocenters. The van der Waals surface area contributed by atoms with Crippen LogP contribution in [0.1, 0.15) is 93.5 Å². The van der Waals surface area contributed by atoms with Crippen molar-refractivity contribution in [1.29, 1.82) is 0 Å². The second kappa shape index (κ2) is 9.37. The van der Waals surface area contributed by atoms with Gasteiger partial charge in [0.2, 0.25) is 0 Å². The van der Waals surface area contributed by atoms with E-state index in [0.29, 0.717) is 11.8 Å². The molecular formula is C25H36O. The maximum absolute atomic E-state index is 10.3. The molecule has 0 saturated heterocycles. The molecule has 0 aromatic heterocycles. The average molecular weight is 353 g/mol. The zero-order valence-corrected chi connectivity index (χ0v) is 17.5. The number of hydrogen-bond acceptors (Lipinski definition) is 1. The van der Waals surface area contributed by atoms with Crippen molar-refractivity contribution in [3.05, 3.63) is 58.1 Å². The van der Waals surface area contributed by atoms with Gasteiger partial charge in [0.1, 0.15) is 0 Å². The molecule has 0 amide bonds. The molecule has 0 radical (unpaired) electrons. The molecule has 0 aliphatic rings. The predicted octanol–water partition coefficient (Wildman–Crippen LogP) is 7.13. The van der Waals surface area contributed by atoms with Crippen LogP contribution >= 0.6 is 0 Å². The van der Waals surface area contributed by atoms with Crippen LogP contribution in [0.15, 0.2) is 30.3 Å².